The van der Waals surface area contributed by atoms with Gasteiger partial charge in [-0.3, -0.25) is 4.79 Å². The van der Waals surface area contributed by atoms with E-state index in [0.717, 1.165) is 11.3 Å². The molecule has 0 saturated carbocycles. The average Bonchev–Trinajstić information content (AvgIpc) is 3.16. The Kier molecular flexibility index (Phi) is 5.63. The predicted molar refractivity (Wildman–Crippen MR) is 99.1 cm³/mol. The molecule has 0 radical (unpaired) electrons. The summed E-state index contributed by atoms with van der Waals surface area (Å²) in [5, 5.41) is 8.13. The van der Waals surface area contributed by atoms with Gasteiger partial charge in [0.2, 0.25) is 11.8 Å². The van der Waals surface area contributed by atoms with E-state index in [1.807, 2.05) is 61.5 Å². The van der Waals surface area contributed by atoms with Gasteiger partial charge in [-0.05, 0) is 31.2 Å². The molecular formula is C20H21N3O3. The summed E-state index contributed by atoms with van der Waals surface area (Å²) in [6.07, 6.45) is 0.695. The third-order valence-electron chi connectivity index (χ3n) is 4.04. The molecule has 6 heteroatoms. The molecule has 0 aliphatic heterocycles. The van der Waals surface area contributed by atoms with Crippen LogP contribution in [0.25, 0.3) is 11.5 Å². The SMILES string of the molecule is CCN(C(=O)CCc1nnc(-c2ccccc2OC)o1)c1ccccc1. The summed E-state index contributed by atoms with van der Waals surface area (Å²) in [5.41, 5.74) is 1.62. The number of rotatable bonds is 7. The van der Waals surface area contributed by atoms with Gasteiger partial charge in [0, 0.05) is 25.1 Å². The molecule has 1 aromatic heterocycles. The minimum atomic E-state index is 0.0238. The van der Waals surface area contributed by atoms with Crippen LogP contribution in [0.1, 0.15) is 19.2 Å². The molecule has 3 rings (SSSR count). The molecule has 26 heavy (non-hydrogen) atoms. The molecule has 6 nitrogen and oxygen atoms in total. The second-order valence-electron chi connectivity index (χ2n) is 5.67. The molecule has 3 aromatic rings. The lowest BCUT2D eigenvalue weighted by molar-refractivity contribution is -0.118. The number of nitrogens with zero attached hydrogens (tertiary/aromatic N) is 3. The second kappa shape index (κ2) is 8.29. The van der Waals surface area contributed by atoms with Gasteiger partial charge in [-0.25, -0.2) is 0 Å². The lowest BCUT2D eigenvalue weighted by Gasteiger charge is -2.20. The number of benzene rings is 2. The van der Waals surface area contributed by atoms with Crippen molar-refractivity contribution >= 4 is 11.6 Å². The molecule has 0 aliphatic carbocycles. The Balaban J connectivity index is 1.67. The first kappa shape index (κ1) is 17.7. The van der Waals surface area contributed by atoms with Crippen LogP contribution in [0.2, 0.25) is 0 Å². The first-order valence-corrected chi connectivity index (χ1v) is 8.54. The highest BCUT2D eigenvalue weighted by Crippen LogP contribution is 2.28. The van der Waals surface area contributed by atoms with Crippen LogP contribution in [0.5, 0.6) is 5.75 Å². The third kappa shape index (κ3) is 3.91. The molecule has 0 unspecified atom stereocenters. The maximum absolute atomic E-state index is 12.5. The Morgan fingerprint density at radius 2 is 1.81 bits per heavy atom. The van der Waals surface area contributed by atoms with E-state index in [2.05, 4.69) is 10.2 Å². The van der Waals surface area contributed by atoms with Crippen molar-refractivity contribution in [2.24, 2.45) is 0 Å². The summed E-state index contributed by atoms with van der Waals surface area (Å²) in [4.78, 5) is 14.3. The van der Waals surface area contributed by atoms with Crippen LogP contribution in [-0.2, 0) is 11.2 Å². The van der Waals surface area contributed by atoms with E-state index in [1.165, 1.54) is 0 Å². The number of aryl methyl sites for hydroxylation is 1. The van der Waals surface area contributed by atoms with Crippen molar-refractivity contribution in [2.45, 2.75) is 19.8 Å². The molecule has 0 bridgehead atoms. The lowest BCUT2D eigenvalue weighted by Crippen LogP contribution is -2.30. The molecule has 0 aliphatic rings. The van der Waals surface area contributed by atoms with Crippen molar-refractivity contribution in [3.63, 3.8) is 0 Å². The number of para-hydroxylation sites is 2. The number of amides is 1. The van der Waals surface area contributed by atoms with E-state index < -0.39 is 0 Å². The summed E-state index contributed by atoms with van der Waals surface area (Å²) < 4.78 is 11.0. The molecule has 1 amide bonds. The predicted octanol–water partition coefficient (Wildman–Crippen LogP) is 3.73. The van der Waals surface area contributed by atoms with Crippen molar-refractivity contribution in [2.75, 3.05) is 18.6 Å². The van der Waals surface area contributed by atoms with Crippen molar-refractivity contribution in [1.29, 1.82) is 0 Å². The van der Waals surface area contributed by atoms with Gasteiger partial charge in [-0.1, -0.05) is 30.3 Å². The normalized spacial score (nSPS) is 10.5. The number of carbonyl (C=O) groups excluding carboxylic acids is 1. The quantitative estimate of drug-likeness (QED) is 0.649. The van der Waals surface area contributed by atoms with Crippen LogP contribution in [0.15, 0.2) is 59.0 Å². The van der Waals surface area contributed by atoms with E-state index >= 15 is 0 Å². The van der Waals surface area contributed by atoms with E-state index in [1.54, 1.807) is 12.0 Å². The molecule has 0 saturated heterocycles. The summed E-state index contributed by atoms with van der Waals surface area (Å²) >= 11 is 0. The van der Waals surface area contributed by atoms with Crippen LogP contribution in [0, 0.1) is 0 Å². The van der Waals surface area contributed by atoms with Gasteiger partial charge in [0.15, 0.2) is 0 Å². The molecular weight excluding hydrogens is 330 g/mol. The largest absolute Gasteiger partial charge is 0.496 e. The number of hydrogen-bond donors (Lipinski definition) is 0. The maximum Gasteiger partial charge on any atom is 0.251 e. The van der Waals surface area contributed by atoms with E-state index in [4.69, 9.17) is 9.15 Å². The lowest BCUT2D eigenvalue weighted by atomic mass is 10.2. The van der Waals surface area contributed by atoms with Crippen LogP contribution < -0.4 is 9.64 Å². The minimum Gasteiger partial charge on any atom is -0.496 e. The van der Waals surface area contributed by atoms with Gasteiger partial charge in [0.05, 0.1) is 12.7 Å². The summed E-state index contributed by atoms with van der Waals surface area (Å²) in [5.74, 6) is 1.51. The Bertz CT molecular complexity index is 862. The number of hydrogen-bond acceptors (Lipinski definition) is 5. The standard InChI is InChI=1S/C20H21N3O3/c1-3-23(15-9-5-4-6-10-15)19(24)14-13-18-21-22-20(26-18)16-11-7-8-12-17(16)25-2/h4-12H,3,13-14H2,1-2H3. The smallest absolute Gasteiger partial charge is 0.251 e. The van der Waals surface area contributed by atoms with Gasteiger partial charge < -0.3 is 14.1 Å². The van der Waals surface area contributed by atoms with Crippen molar-refractivity contribution in [3.05, 3.63) is 60.5 Å². The third-order valence-corrected chi connectivity index (χ3v) is 4.04. The Labute approximate surface area is 152 Å². The number of ether oxygens (including phenoxy) is 1. The number of aromatic nitrogens is 2. The van der Waals surface area contributed by atoms with Crippen molar-refractivity contribution in [3.8, 4) is 17.2 Å². The fraction of sp³-hybridized carbons (Fsp3) is 0.250. The van der Waals surface area contributed by atoms with Gasteiger partial charge >= 0.3 is 0 Å². The van der Waals surface area contributed by atoms with Gasteiger partial charge in [-0.2, -0.15) is 0 Å². The second-order valence-corrected chi connectivity index (χ2v) is 5.67. The number of anilines is 1. The van der Waals surface area contributed by atoms with Gasteiger partial charge in [0.25, 0.3) is 5.89 Å². The Morgan fingerprint density at radius 3 is 2.54 bits per heavy atom. The van der Waals surface area contributed by atoms with Crippen LogP contribution in [0.4, 0.5) is 5.69 Å². The van der Waals surface area contributed by atoms with E-state index in [-0.39, 0.29) is 5.91 Å². The highest BCUT2D eigenvalue weighted by Gasteiger charge is 2.17. The Hall–Kier alpha value is -3.15. The minimum absolute atomic E-state index is 0.0238. The van der Waals surface area contributed by atoms with Gasteiger partial charge in [-0.15, -0.1) is 10.2 Å². The van der Waals surface area contributed by atoms with Gasteiger partial charge in [0.1, 0.15) is 5.75 Å². The zero-order chi connectivity index (χ0) is 18.4. The zero-order valence-electron chi connectivity index (χ0n) is 14.9. The van der Waals surface area contributed by atoms with Crippen LogP contribution in [0.3, 0.4) is 0 Å². The highest BCUT2D eigenvalue weighted by atomic mass is 16.5. The first-order chi connectivity index (χ1) is 12.7. The summed E-state index contributed by atoms with van der Waals surface area (Å²) in [6.45, 7) is 2.57. The van der Waals surface area contributed by atoms with E-state index in [0.29, 0.717) is 36.9 Å². The highest BCUT2D eigenvalue weighted by molar-refractivity contribution is 5.93. The fourth-order valence-corrected chi connectivity index (χ4v) is 2.74. The fourth-order valence-electron chi connectivity index (χ4n) is 2.74. The summed E-state index contributed by atoms with van der Waals surface area (Å²) in [7, 11) is 1.59. The van der Waals surface area contributed by atoms with Crippen molar-refractivity contribution < 1.29 is 13.9 Å². The first-order valence-electron chi connectivity index (χ1n) is 8.54. The van der Waals surface area contributed by atoms with Crippen LogP contribution >= 0.6 is 0 Å². The Morgan fingerprint density at radius 1 is 1.08 bits per heavy atom. The van der Waals surface area contributed by atoms with Crippen molar-refractivity contribution in [1.82, 2.24) is 10.2 Å². The number of methoxy groups -OCH3 is 1. The molecule has 0 fully saturated rings. The molecule has 0 N–H and O–H groups in total. The van der Waals surface area contributed by atoms with E-state index in [9.17, 15) is 4.79 Å². The number of carbonyl (C=O) groups is 1. The molecule has 0 spiro atoms. The maximum atomic E-state index is 12.5. The molecule has 134 valence electrons. The summed E-state index contributed by atoms with van der Waals surface area (Å²) in [6, 6.07) is 17.1. The monoisotopic (exact) mass is 351 g/mol. The average molecular weight is 351 g/mol. The zero-order valence-corrected chi connectivity index (χ0v) is 14.9. The van der Waals surface area contributed by atoms with Crippen LogP contribution in [-0.4, -0.2) is 29.8 Å². The molecule has 1 heterocycles. The topological polar surface area (TPSA) is 68.5 Å². The molecule has 2 aromatic carbocycles. The molecule has 0 atom stereocenters.